The molecular weight excluding hydrogens is 168 g/mol. The molecule has 0 aliphatic rings. The van der Waals surface area contributed by atoms with Gasteiger partial charge in [0.05, 0.1) is 18.1 Å². The van der Waals surface area contributed by atoms with Gasteiger partial charge in [0.15, 0.2) is 0 Å². The number of hydrogen-bond acceptors (Lipinski definition) is 3. The number of rotatable bonds is 5. The van der Waals surface area contributed by atoms with E-state index in [2.05, 4.69) is 0 Å². The van der Waals surface area contributed by atoms with E-state index >= 15 is 0 Å². The van der Waals surface area contributed by atoms with Gasteiger partial charge in [-0.05, 0) is 25.0 Å². The molecule has 1 aromatic heterocycles. The maximum atomic E-state index is 9.90. The fraction of sp³-hybridized carbons (Fsp3) is 0.600. The lowest BCUT2D eigenvalue weighted by Crippen LogP contribution is -2.28. The van der Waals surface area contributed by atoms with Crippen LogP contribution in [0, 0.1) is 0 Å². The van der Waals surface area contributed by atoms with E-state index in [1.54, 1.807) is 26.6 Å². The maximum absolute atomic E-state index is 9.90. The van der Waals surface area contributed by atoms with Crippen LogP contribution in [0.1, 0.15) is 18.9 Å². The van der Waals surface area contributed by atoms with Crippen LogP contribution in [0.5, 0.6) is 0 Å². The van der Waals surface area contributed by atoms with Gasteiger partial charge in [-0.2, -0.15) is 0 Å². The molecule has 0 bridgehead atoms. The molecule has 0 fully saturated rings. The fourth-order valence-electron chi connectivity index (χ4n) is 1.24. The minimum atomic E-state index is -0.708. The van der Waals surface area contributed by atoms with Crippen molar-refractivity contribution in [2.24, 2.45) is 0 Å². The molecule has 1 N–H and O–H groups in total. The third-order valence-electron chi connectivity index (χ3n) is 2.01. The van der Waals surface area contributed by atoms with Gasteiger partial charge in [-0.3, -0.25) is 0 Å². The largest absolute Gasteiger partial charge is 0.472 e. The first kappa shape index (κ1) is 10.3. The van der Waals surface area contributed by atoms with Crippen molar-refractivity contribution in [2.75, 3.05) is 13.7 Å². The number of furan rings is 1. The average molecular weight is 184 g/mol. The molecule has 1 atom stereocenters. The molecule has 1 aromatic rings. The van der Waals surface area contributed by atoms with E-state index < -0.39 is 5.60 Å². The van der Waals surface area contributed by atoms with Crippen LogP contribution in [-0.2, 0) is 11.2 Å². The fourth-order valence-corrected chi connectivity index (χ4v) is 1.24. The van der Waals surface area contributed by atoms with Crippen molar-refractivity contribution in [3.63, 3.8) is 0 Å². The highest BCUT2D eigenvalue weighted by atomic mass is 16.5. The molecule has 0 amide bonds. The Morgan fingerprint density at radius 1 is 1.62 bits per heavy atom. The molecule has 0 saturated carbocycles. The summed E-state index contributed by atoms with van der Waals surface area (Å²) in [6.07, 6.45) is 4.50. The van der Waals surface area contributed by atoms with Gasteiger partial charge in [-0.25, -0.2) is 0 Å². The molecule has 13 heavy (non-hydrogen) atoms. The van der Waals surface area contributed by atoms with Gasteiger partial charge in [-0.1, -0.05) is 0 Å². The lowest BCUT2D eigenvalue weighted by molar-refractivity contribution is 0.0248. The Labute approximate surface area is 78.3 Å². The number of methoxy groups -OCH3 is 1. The van der Waals surface area contributed by atoms with Crippen LogP contribution in [-0.4, -0.2) is 24.4 Å². The topological polar surface area (TPSA) is 42.6 Å². The third kappa shape index (κ3) is 3.61. The summed E-state index contributed by atoms with van der Waals surface area (Å²) < 4.78 is 9.84. The van der Waals surface area contributed by atoms with Crippen LogP contribution in [0.4, 0.5) is 0 Å². The molecule has 74 valence electrons. The van der Waals surface area contributed by atoms with Crippen molar-refractivity contribution in [3.05, 3.63) is 24.2 Å². The maximum Gasteiger partial charge on any atom is 0.0935 e. The van der Waals surface area contributed by atoms with E-state index in [4.69, 9.17) is 9.15 Å². The van der Waals surface area contributed by atoms with Gasteiger partial charge in [0.25, 0.3) is 0 Å². The Kier molecular flexibility index (Phi) is 3.51. The van der Waals surface area contributed by atoms with E-state index in [1.807, 2.05) is 6.07 Å². The molecule has 1 unspecified atom stereocenters. The predicted molar refractivity (Wildman–Crippen MR) is 49.5 cm³/mol. The molecule has 3 nitrogen and oxygen atoms in total. The van der Waals surface area contributed by atoms with Gasteiger partial charge in [0.2, 0.25) is 0 Å². The minimum Gasteiger partial charge on any atom is -0.472 e. The standard InChI is InChI=1S/C10H16O3/c1-10(11,4-6-12-2)7-9-3-5-13-8-9/h3,5,8,11H,4,6-7H2,1-2H3. The van der Waals surface area contributed by atoms with E-state index in [0.29, 0.717) is 19.4 Å². The first-order chi connectivity index (χ1) is 6.14. The normalized spacial score (nSPS) is 15.6. The molecule has 0 aliphatic heterocycles. The SMILES string of the molecule is COCCC(C)(O)Cc1ccoc1. The first-order valence-electron chi connectivity index (χ1n) is 4.36. The zero-order chi connectivity index (χ0) is 9.73. The van der Waals surface area contributed by atoms with E-state index in [-0.39, 0.29) is 0 Å². The van der Waals surface area contributed by atoms with Crippen LogP contribution in [0.3, 0.4) is 0 Å². The highest BCUT2D eigenvalue weighted by Crippen LogP contribution is 2.16. The monoisotopic (exact) mass is 184 g/mol. The van der Waals surface area contributed by atoms with Crippen molar-refractivity contribution in [1.29, 1.82) is 0 Å². The summed E-state index contributed by atoms with van der Waals surface area (Å²) in [5.74, 6) is 0. The Morgan fingerprint density at radius 2 is 2.38 bits per heavy atom. The van der Waals surface area contributed by atoms with Crippen LogP contribution < -0.4 is 0 Å². The number of aliphatic hydroxyl groups is 1. The van der Waals surface area contributed by atoms with Gasteiger partial charge >= 0.3 is 0 Å². The van der Waals surface area contributed by atoms with Crippen molar-refractivity contribution < 1.29 is 14.3 Å². The van der Waals surface area contributed by atoms with E-state index in [9.17, 15) is 5.11 Å². The second-order valence-electron chi connectivity index (χ2n) is 3.55. The molecule has 1 heterocycles. The second kappa shape index (κ2) is 4.44. The van der Waals surface area contributed by atoms with Gasteiger partial charge in [-0.15, -0.1) is 0 Å². The third-order valence-corrected chi connectivity index (χ3v) is 2.01. The van der Waals surface area contributed by atoms with E-state index in [1.165, 1.54) is 0 Å². The summed E-state index contributed by atoms with van der Waals surface area (Å²) in [6, 6.07) is 1.86. The highest BCUT2D eigenvalue weighted by molar-refractivity contribution is 5.08. The Balaban J connectivity index is 2.42. The van der Waals surface area contributed by atoms with Crippen molar-refractivity contribution in [3.8, 4) is 0 Å². The molecule has 0 radical (unpaired) electrons. The molecule has 0 saturated heterocycles. The Bertz CT molecular complexity index is 226. The van der Waals surface area contributed by atoms with Gasteiger partial charge < -0.3 is 14.3 Å². The predicted octanol–water partition coefficient (Wildman–Crippen LogP) is 1.61. The highest BCUT2D eigenvalue weighted by Gasteiger charge is 2.20. The molecule has 3 heteroatoms. The molecular formula is C10H16O3. The van der Waals surface area contributed by atoms with Crippen LogP contribution in [0.15, 0.2) is 23.0 Å². The second-order valence-corrected chi connectivity index (χ2v) is 3.55. The first-order valence-corrected chi connectivity index (χ1v) is 4.36. The van der Waals surface area contributed by atoms with Crippen molar-refractivity contribution in [1.82, 2.24) is 0 Å². The Hall–Kier alpha value is -0.800. The summed E-state index contributed by atoms with van der Waals surface area (Å²) in [5.41, 5.74) is 0.306. The van der Waals surface area contributed by atoms with Gasteiger partial charge in [0, 0.05) is 20.1 Å². The zero-order valence-electron chi connectivity index (χ0n) is 8.12. The van der Waals surface area contributed by atoms with Crippen LogP contribution in [0.25, 0.3) is 0 Å². The lowest BCUT2D eigenvalue weighted by atomic mass is 9.95. The summed E-state index contributed by atoms with van der Waals surface area (Å²) in [7, 11) is 1.63. The number of hydrogen-bond donors (Lipinski definition) is 1. The smallest absolute Gasteiger partial charge is 0.0935 e. The summed E-state index contributed by atoms with van der Waals surface area (Å²) in [5, 5.41) is 9.90. The summed E-state index contributed by atoms with van der Waals surface area (Å²) >= 11 is 0. The van der Waals surface area contributed by atoms with E-state index in [0.717, 1.165) is 5.56 Å². The van der Waals surface area contributed by atoms with Gasteiger partial charge in [0.1, 0.15) is 0 Å². The molecule has 0 aliphatic carbocycles. The van der Waals surface area contributed by atoms with Crippen molar-refractivity contribution >= 4 is 0 Å². The Morgan fingerprint density at radius 3 is 2.92 bits per heavy atom. The summed E-state index contributed by atoms with van der Waals surface area (Å²) in [6.45, 7) is 2.38. The molecule has 0 spiro atoms. The quantitative estimate of drug-likeness (QED) is 0.756. The van der Waals surface area contributed by atoms with Crippen LogP contribution >= 0.6 is 0 Å². The molecule has 0 aromatic carbocycles. The van der Waals surface area contributed by atoms with Crippen molar-refractivity contribution in [2.45, 2.75) is 25.4 Å². The zero-order valence-corrected chi connectivity index (χ0v) is 8.12. The van der Waals surface area contributed by atoms with Crippen LogP contribution in [0.2, 0.25) is 0 Å². The average Bonchev–Trinajstić information content (AvgIpc) is 2.52. The number of ether oxygens (including phenoxy) is 1. The minimum absolute atomic E-state index is 0.574. The summed E-state index contributed by atoms with van der Waals surface area (Å²) in [4.78, 5) is 0. The lowest BCUT2D eigenvalue weighted by Gasteiger charge is -2.21. The molecule has 1 rings (SSSR count).